The molecule has 1 saturated heterocycles. The number of benzene rings is 2. The van der Waals surface area contributed by atoms with Crippen LogP contribution in [0.15, 0.2) is 47.4 Å². The molecule has 2 aromatic carbocycles. The molecule has 0 N–H and O–H groups in total. The molecular formula is C19H20F2N2O4S. The van der Waals surface area contributed by atoms with Crippen molar-refractivity contribution < 1.29 is 26.7 Å². The van der Waals surface area contributed by atoms with E-state index in [0.29, 0.717) is 24.0 Å². The second kappa shape index (κ2) is 8.24. The highest BCUT2D eigenvalue weighted by molar-refractivity contribution is 7.89. The zero-order chi connectivity index (χ0) is 20.3. The van der Waals surface area contributed by atoms with Gasteiger partial charge in [0.15, 0.2) is 0 Å². The number of rotatable bonds is 5. The maximum absolute atomic E-state index is 13.9. The van der Waals surface area contributed by atoms with Crippen LogP contribution in [0.5, 0.6) is 5.75 Å². The molecule has 0 atom stereocenters. The normalized spacial score (nSPS) is 15.5. The smallest absolute Gasteiger partial charge is 0.257 e. The van der Waals surface area contributed by atoms with Gasteiger partial charge in [-0.05, 0) is 37.3 Å². The van der Waals surface area contributed by atoms with Gasteiger partial charge in [0, 0.05) is 26.2 Å². The topological polar surface area (TPSA) is 66.9 Å². The molecule has 1 heterocycles. The van der Waals surface area contributed by atoms with Crippen molar-refractivity contribution in [1.29, 1.82) is 0 Å². The molecule has 1 aliphatic heterocycles. The molecule has 1 aliphatic rings. The molecule has 0 radical (unpaired) electrons. The van der Waals surface area contributed by atoms with Gasteiger partial charge in [0.1, 0.15) is 22.3 Å². The number of sulfonamides is 1. The van der Waals surface area contributed by atoms with Gasteiger partial charge in [-0.1, -0.05) is 12.1 Å². The van der Waals surface area contributed by atoms with E-state index in [1.807, 2.05) is 6.92 Å². The minimum atomic E-state index is -4.19. The number of hydrogen-bond donors (Lipinski definition) is 0. The Morgan fingerprint density at radius 2 is 1.75 bits per heavy atom. The van der Waals surface area contributed by atoms with Gasteiger partial charge in [-0.2, -0.15) is 4.31 Å². The summed E-state index contributed by atoms with van der Waals surface area (Å²) in [5.74, 6) is -1.64. The van der Waals surface area contributed by atoms with Crippen molar-refractivity contribution in [3.05, 3.63) is 59.7 Å². The van der Waals surface area contributed by atoms with Crippen LogP contribution < -0.4 is 4.74 Å². The zero-order valence-corrected chi connectivity index (χ0v) is 16.1. The van der Waals surface area contributed by atoms with Gasteiger partial charge in [-0.15, -0.1) is 0 Å². The average molecular weight is 410 g/mol. The molecule has 0 aromatic heterocycles. The summed E-state index contributed by atoms with van der Waals surface area (Å²) < 4.78 is 59.1. The molecule has 0 bridgehead atoms. The van der Waals surface area contributed by atoms with Crippen LogP contribution in [-0.2, 0) is 10.0 Å². The Hall–Kier alpha value is -2.52. The van der Waals surface area contributed by atoms with Crippen LogP contribution in [0, 0.1) is 11.6 Å². The molecule has 0 spiro atoms. The first-order chi connectivity index (χ1) is 13.3. The lowest BCUT2D eigenvalue weighted by Gasteiger charge is -2.34. The Morgan fingerprint density at radius 3 is 2.43 bits per heavy atom. The van der Waals surface area contributed by atoms with Crippen LogP contribution in [0.3, 0.4) is 0 Å². The number of amides is 1. The minimum absolute atomic E-state index is 0.0131. The van der Waals surface area contributed by atoms with Crippen LogP contribution in [0.2, 0.25) is 0 Å². The van der Waals surface area contributed by atoms with E-state index in [2.05, 4.69) is 0 Å². The van der Waals surface area contributed by atoms with Gasteiger partial charge >= 0.3 is 0 Å². The molecule has 6 nitrogen and oxygen atoms in total. The van der Waals surface area contributed by atoms with Crippen molar-refractivity contribution >= 4 is 15.9 Å². The van der Waals surface area contributed by atoms with Gasteiger partial charge in [0.25, 0.3) is 5.91 Å². The first-order valence-electron chi connectivity index (χ1n) is 8.81. The van der Waals surface area contributed by atoms with E-state index in [0.717, 1.165) is 16.4 Å². The van der Waals surface area contributed by atoms with Gasteiger partial charge in [0.05, 0.1) is 12.2 Å². The quantitative estimate of drug-likeness (QED) is 0.760. The van der Waals surface area contributed by atoms with E-state index >= 15 is 0 Å². The fraction of sp³-hybridized carbons (Fsp3) is 0.316. The Kier molecular flexibility index (Phi) is 5.95. The summed E-state index contributed by atoms with van der Waals surface area (Å²) in [7, 11) is -4.19. The molecule has 3 rings (SSSR count). The predicted octanol–water partition coefficient (Wildman–Crippen LogP) is 2.51. The fourth-order valence-corrected chi connectivity index (χ4v) is 4.54. The first kappa shape index (κ1) is 20.2. The van der Waals surface area contributed by atoms with Crippen molar-refractivity contribution in [2.24, 2.45) is 0 Å². The number of halogens is 2. The highest BCUT2D eigenvalue weighted by Gasteiger charge is 2.33. The second-order valence-corrected chi connectivity index (χ2v) is 8.11. The van der Waals surface area contributed by atoms with Crippen LogP contribution in [0.4, 0.5) is 8.78 Å². The summed E-state index contributed by atoms with van der Waals surface area (Å²) in [6.45, 7) is 2.47. The lowest BCUT2D eigenvalue weighted by atomic mass is 10.1. The predicted molar refractivity (Wildman–Crippen MR) is 98.6 cm³/mol. The van der Waals surface area contributed by atoms with E-state index in [9.17, 15) is 22.0 Å². The van der Waals surface area contributed by atoms with E-state index in [1.165, 1.54) is 4.90 Å². The van der Waals surface area contributed by atoms with E-state index < -0.39 is 26.6 Å². The third-order valence-corrected chi connectivity index (χ3v) is 6.37. The zero-order valence-electron chi connectivity index (χ0n) is 15.3. The van der Waals surface area contributed by atoms with E-state index in [4.69, 9.17) is 4.74 Å². The molecule has 150 valence electrons. The minimum Gasteiger partial charge on any atom is -0.493 e. The van der Waals surface area contributed by atoms with Crippen LogP contribution in [0.25, 0.3) is 0 Å². The highest BCUT2D eigenvalue weighted by atomic mass is 32.2. The van der Waals surface area contributed by atoms with E-state index in [1.54, 1.807) is 24.3 Å². The van der Waals surface area contributed by atoms with Crippen molar-refractivity contribution in [2.75, 3.05) is 32.8 Å². The molecule has 0 saturated carbocycles. The summed E-state index contributed by atoms with van der Waals surface area (Å²) in [5.41, 5.74) is 0.400. The SMILES string of the molecule is CCOc1ccccc1C(=O)N1CCN(S(=O)(=O)c2cc(F)ccc2F)CC1. The number of hydrogen-bond acceptors (Lipinski definition) is 4. The third kappa shape index (κ3) is 4.00. The lowest BCUT2D eigenvalue weighted by molar-refractivity contribution is 0.0693. The largest absolute Gasteiger partial charge is 0.493 e. The number of carbonyl (C=O) groups excluding carboxylic acids is 1. The summed E-state index contributed by atoms with van der Waals surface area (Å²) >= 11 is 0. The Bertz CT molecular complexity index is 974. The van der Waals surface area contributed by atoms with Gasteiger partial charge in [0.2, 0.25) is 10.0 Å². The van der Waals surface area contributed by atoms with Crippen LogP contribution in [-0.4, -0.2) is 56.3 Å². The number of carbonyl (C=O) groups is 1. The van der Waals surface area contributed by atoms with Crippen LogP contribution >= 0.6 is 0 Å². The van der Waals surface area contributed by atoms with Crippen LogP contribution in [0.1, 0.15) is 17.3 Å². The number of para-hydroxylation sites is 1. The molecule has 9 heteroatoms. The maximum atomic E-state index is 13.9. The molecule has 1 fully saturated rings. The third-order valence-electron chi connectivity index (χ3n) is 4.45. The highest BCUT2D eigenvalue weighted by Crippen LogP contribution is 2.24. The number of nitrogens with zero attached hydrogens (tertiary/aromatic N) is 2. The standard InChI is InChI=1S/C19H20F2N2O4S/c1-2-27-17-6-4-3-5-15(17)19(24)22-9-11-23(12-10-22)28(25,26)18-13-14(20)7-8-16(18)21/h3-8,13H,2,9-12H2,1H3. The van der Waals surface area contributed by atoms with Crippen molar-refractivity contribution in [3.8, 4) is 5.75 Å². The average Bonchev–Trinajstić information content (AvgIpc) is 2.70. The van der Waals surface area contributed by atoms with Crippen molar-refractivity contribution in [1.82, 2.24) is 9.21 Å². The Balaban J connectivity index is 1.74. The van der Waals surface area contributed by atoms with Gasteiger partial charge in [-0.25, -0.2) is 17.2 Å². The molecule has 0 unspecified atom stereocenters. The Morgan fingerprint density at radius 1 is 1.07 bits per heavy atom. The second-order valence-electron chi connectivity index (χ2n) is 6.20. The molecular weight excluding hydrogens is 390 g/mol. The number of piperazine rings is 1. The van der Waals surface area contributed by atoms with E-state index in [-0.39, 0.29) is 32.1 Å². The maximum Gasteiger partial charge on any atom is 0.257 e. The van der Waals surface area contributed by atoms with Crippen molar-refractivity contribution in [3.63, 3.8) is 0 Å². The van der Waals surface area contributed by atoms with Crippen molar-refractivity contribution in [2.45, 2.75) is 11.8 Å². The summed E-state index contributed by atoms with van der Waals surface area (Å²) in [6.07, 6.45) is 0. The lowest BCUT2D eigenvalue weighted by Crippen LogP contribution is -2.50. The summed E-state index contributed by atoms with van der Waals surface area (Å²) in [4.78, 5) is 13.6. The monoisotopic (exact) mass is 410 g/mol. The first-order valence-corrected chi connectivity index (χ1v) is 10.2. The summed E-state index contributed by atoms with van der Waals surface area (Å²) in [5, 5.41) is 0. The molecule has 0 aliphatic carbocycles. The Labute approximate surface area is 162 Å². The number of ether oxygens (including phenoxy) is 1. The summed E-state index contributed by atoms with van der Waals surface area (Å²) in [6, 6.07) is 9.15. The van der Waals surface area contributed by atoms with Gasteiger partial charge < -0.3 is 9.64 Å². The van der Waals surface area contributed by atoms with Gasteiger partial charge in [-0.3, -0.25) is 4.79 Å². The molecule has 2 aromatic rings. The molecule has 1 amide bonds. The fourth-order valence-electron chi connectivity index (χ4n) is 3.04. The molecule has 28 heavy (non-hydrogen) atoms.